The van der Waals surface area contributed by atoms with Gasteiger partial charge in [-0.1, -0.05) is 47.5 Å². The minimum atomic E-state index is -1.07. The molecule has 1 amide bonds. The van der Waals surface area contributed by atoms with Crippen LogP contribution in [0, 0.1) is 22.7 Å². The van der Waals surface area contributed by atoms with Crippen LogP contribution in [0.1, 0.15) is 60.3 Å². The third-order valence-electron chi connectivity index (χ3n) is 6.31. The second-order valence-corrected chi connectivity index (χ2v) is 7.79. The molecule has 0 bridgehead atoms. The maximum Gasteiger partial charge on any atom is 0.329 e. The Morgan fingerprint density at radius 3 is 2.05 bits per heavy atom. The minimum Gasteiger partial charge on any atom is -0.479 e. The Morgan fingerprint density at radius 2 is 1.65 bits per heavy atom. The van der Waals surface area contributed by atoms with Crippen LogP contribution in [0.5, 0.6) is 0 Å². The highest BCUT2D eigenvalue weighted by atomic mass is 16.4. The first-order valence-corrected chi connectivity index (χ1v) is 7.63. The minimum absolute atomic E-state index is 0.0114. The van der Waals surface area contributed by atoms with Crippen molar-refractivity contribution in [2.24, 2.45) is 22.7 Å². The SMILES string of the molecule is CC1CCCCC1(NC(=O)C1C(C)(C)C1(C)C)C(=O)O. The smallest absolute Gasteiger partial charge is 0.329 e. The summed E-state index contributed by atoms with van der Waals surface area (Å²) < 4.78 is 0. The van der Waals surface area contributed by atoms with E-state index in [0.717, 1.165) is 19.3 Å². The third-order valence-corrected chi connectivity index (χ3v) is 6.31. The van der Waals surface area contributed by atoms with Gasteiger partial charge in [-0.05, 0) is 29.6 Å². The van der Waals surface area contributed by atoms with Crippen LogP contribution >= 0.6 is 0 Å². The number of amides is 1. The van der Waals surface area contributed by atoms with E-state index in [1.54, 1.807) is 0 Å². The van der Waals surface area contributed by atoms with Crippen LogP contribution in [0.15, 0.2) is 0 Å². The van der Waals surface area contributed by atoms with Gasteiger partial charge < -0.3 is 10.4 Å². The normalized spacial score (nSPS) is 35.4. The summed E-state index contributed by atoms with van der Waals surface area (Å²) in [5.74, 6) is -1.08. The predicted octanol–water partition coefficient (Wildman–Crippen LogP) is 2.82. The lowest BCUT2D eigenvalue weighted by Crippen LogP contribution is -2.60. The molecule has 4 heteroatoms. The average Bonchev–Trinajstić information content (AvgIpc) is 2.72. The second kappa shape index (κ2) is 4.47. The second-order valence-electron chi connectivity index (χ2n) is 7.79. The van der Waals surface area contributed by atoms with Crippen molar-refractivity contribution in [1.29, 1.82) is 0 Å². The zero-order chi connectivity index (χ0) is 15.3. The molecule has 0 radical (unpaired) electrons. The molecule has 2 N–H and O–H groups in total. The van der Waals surface area contributed by atoms with Crippen molar-refractivity contribution in [2.75, 3.05) is 0 Å². The van der Waals surface area contributed by atoms with Gasteiger partial charge in [-0.3, -0.25) is 4.79 Å². The standard InChI is InChI=1S/C16H27NO3/c1-10-8-6-7-9-16(10,13(19)20)17-12(18)11-14(2,3)15(11,4)5/h10-11H,6-9H2,1-5H3,(H,17,18)(H,19,20). The molecule has 0 saturated heterocycles. The molecule has 114 valence electrons. The summed E-state index contributed by atoms with van der Waals surface area (Å²) in [4.78, 5) is 24.4. The molecule has 0 spiro atoms. The lowest BCUT2D eigenvalue weighted by Gasteiger charge is -2.39. The number of hydrogen-bond acceptors (Lipinski definition) is 2. The fraction of sp³-hybridized carbons (Fsp3) is 0.875. The van der Waals surface area contributed by atoms with E-state index < -0.39 is 11.5 Å². The number of carboxylic acids is 1. The van der Waals surface area contributed by atoms with Gasteiger partial charge in [0.2, 0.25) is 5.91 Å². The zero-order valence-corrected chi connectivity index (χ0v) is 13.2. The molecule has 0 aromatic carbocycles. The van der Waals surface area contributed by atoms with Gasteiger partial charge in [-0.25, -0.2) is 4.79 Å². The summed E-state index contributed by atoms with van der Waals surface area (Å²) >= 11 is 0. The maximum atomic E-state index is 12.6. The van der Waals surface area contributed by atoms with Crippen molar-refractivity contribution in [1.82, 2.24) is 5.32 Å². The Morgan fingerprint density at radius 1 is 1.10 bits per heavy atom. The van der Waals surface area contributed by atoms with Crippen LogP contribution in [-0.4, -0.2) is 22.5 Å². The molecule has 2 aliphatic carbocycles. The summed E-state index contributed by atoms with van der Waals surface area (Å²) in [6.07, 6.45) is 3.33. The molecule has 2 atom stereocenters. The fourth-order valence-electron chi connectivity index (χ4n) is 4.05. The van der Waals surface area contributed by atoms with Crippen molar-refractivity contribution < 1.29 is 14.7 Å². The van der Waals surface area contributed by atoms with Crippen LogP contribution in [0.3, 0.4) is 0 Å². The van der Waals surface area contributed by atoms with Gasteiger partial charge in [-0.2, -0.15) is 0 Å². The molecule has 0 aliphatic heterocycles. The van der Waals surface area contributed by atoms with E-state index in [0.29, 0.717) is 6.42 Å². The zero-order valence-electron chi connectivity index (χ0n) is 13.2. The van der Waals surface area contributed by atoms with Gasteiger partial charge in [0.15, 0.2) is 0 Å². The highest BCUT2D eigenvalue weighted by Crippen LogP contribution is 2.68. The number of carbonyl (C=O) groups excluding carboxylic acids is 1. The average molecular weight is 281 g/mol. The highest BCUT2D eigenvalue weighted by Gasteiger charge is 2.69. The monoisotopic (exact) mass is 281 g/mol. The third kappa shape index (κ3) is 1.95. The van der Waals surface area contributed by atoms with E-state index in [4.69, 9.17) is 0 Å². The first-order chi connectivity index (χ1) is 9.07. The topological polar surface area (TPSA) is 66.4 Å². The fourth-order valence-corrected chi connectivity index (χ4v) is 4.05. The maximum absolute atomic E-state index is 12.6. The van der Waals surface area contributed by atoms with Crippen LogP contribution in [-0.2, 0) is 9.59 Å². The molecule has 0 aromatic heterocycles. The number of carboxylic acid groups (broad SMARTS) is 1. The summed E-state index contributed by atoms with van der Waals surface area (Å²) in [7, 11) is 0. The molecule has 2 aliphatic rings. The predicted molar refractivity (Wildman–Crippen MR) is 77.2 cm³/mol. The van der Waals surface area contributed by atoms with Gasteiger partial charge in [0, 0.05) is 5.92 Å². The van der Waals surface area contributed by atoms with Crippen LogP contribution in [0.25, 0.3) is 0 Å². The van der Waals surface area contributed by atoms with Crippen molar-refractivity contribution in [3.8, 4) is 0 Å². The van der Waals surface area contributed by atoms with Gasteiger partial charge in [0.1, 0.15) is 5.54 Å². The van der Waals surface area contributed by atoms with E-state index in [2.05, 4.69) is 33.0 Å². The summed E-state index contributed by atoms with van der Waals surface area (Å²) in [5.41, 5.74) is -1.19. The van der Waals surface area contributed by atoms with Crippen molar-refractivity contribution in [2.45, 2.75) is 65.8 Å². The van der Waals surface area contributed by atoms with E-state index in [1.807, 2.05) is 6.92 Å². The molecular formula is C16H27NO3. The molecule has 20 heavy (non-hydrogen) atoms. The van der Waals surface area contributed by atoms with Crippen LogP contribution < -0.4 is 5.32 Å². The first kappa shape index (κ1) is 15.3. The number of carbonyl (C=O) groups is 2. The Labute approximate surface area is 121 Å². The van der Waals surface area contributed by atoms with Crippen molar-refractivity contribution in [3.05, 3.63) is 0 Å². The summed E-state index contributed by atoms with van der Waals surface area (Å²) in [6, 6.07) is 0. The van der Waals surface area contributed by atoms with Gasteiger partial charge in [0.25, 0.3) is 0 Å². The highest BCUT2D eigenvalue weighted by molar-refractivity contribution is 5.91. The summed E-state index contributed by atoms with van der Waals surface area (Å²) in [6.45, 7) is 10.3. The number of nitrogens with one attached hydrogen (secondary N) is 1. The van der Waals surface area contributed by atoms with Crippen molar-refractivity contribution in [3.63, 3.8) is 0 Å². The molecule has 4 nitrogen and oxygen atoms in total. The molecule has 0 aromatic rings. The molecule has 2 rings (SSSR count). The Kier molecular flexibility index (Phi) is 3.43. The molecule has 2 unspecified atom stereocenters. The van der Waals surface area contributed by atoms with E-state index in [9.17, 15) is 14.7 Å². The summed E-state index contributed by atoms with van der Waals surface area (Å²) in [5, 5.41) is 12.6. The van der Waals surface area contributed by atoms with Crippen LogP contribution in [0.2, 0.25) is 0 Å². The van der Waals surface area contributed by atoms with Gasteiger partial charge >= 0.3 is 5.97 Å². The van der Waals surface area contributed by atoms with E-state index in [-0.39, 0.29) is 28.6 Å². The Bertz CT molecular complexity index is 427. The quantitative estimate of drug-likeness (QED) is 0.836. The molecule has 2 saturated carbocycles. The number of hydrogen-bond donors (Lipinski definition) is 2. The lowest BCUT2D eigenvalue weighted by molar-refractivity contribution is -0.152. The van der Waals surface area contributed by atoms with E-state index in [1.165, 1.54) is 0 Å². The van der Waals surface area contributed by atoms with Crippen molar-refractivity contribution >= 4 is 11.9 Å². The van der Waals surface area contributed by atoms with Crippen LogP contribution in [0.4, 0.5) is 0 Å². The Balaban J connectivity index is 2.19. The lowest BCUT2D eigenvalue weighted by atomic mass is 9.73. The molecule has 0 heterocycles. The molecular weight excluding hydrogens is 254 g/mol. The largest absolute Gasteiger partial charge is 0.479 e. The number of aliphatic carboxylic acids is 1. The first-order valence-electron chi connectivity index (χ1n) is 7.63. The van der Waals surface area contributed by atoms with E-state index >= 15 is 0 Å². The Hall–Kier alpha value is -1.06. The number of rotatable bonds is 3. The van der Waals surface area contributed by atoms with Gasteiger partial charge in [0.05, 0.1) is 0 Å². The van der Waals surface area contributed by atoms with Gasteiger partial charge in [-0.15, -0.1) is 0 Å². The molecule has 2 fully saturated rings.